The second-order valence-corrected chi connectivity index (χ2v) is 4.45. The average Bonchev–Trinajstić information content (AvgIpc) is 2.13. The number of carbonyl (C=O) groups excluding carboxylic acids is 1. The maximum absolute atomic E-state index is 11.4. The van der Waals surface area contributed by atoms with Gasteiger partial charge < -0.3 is 10.6 Å². The number of hydrogen-bond donors (Lipinski definition) is 2. The summed E-state index contributed by atoms with van der Waals surface area (Å²) in [6, 6.07) is -0.150. The van der Waals surface area contributed by atoms with E-state index in [2.05, 4.69) is 44.4 Å². The molecule has 0 fully saturated rings. The summed E-state index contributed by atoms with van der Waals surface area (Å²) in [6.45, 7) is 10.9. The molecule has 0 aliphatic heterocycles. The lowest BCUT2D eigenvalue weighted by molar-refractivity contribution is 0.244. The fourth-order valence-electron chi connectivity index (χ4n) is 1.13. The first-order chi connectivity index (χ1) is 7.45. The minimum Gasteiger partial charge on any atom is -0.338 e. The molecule has 3 nitrogen and oxygen atoms in total. The van der Waals surface area contributed by atoms with E-state index in [1.165, 1.54) is 0 Å². The molecule has 0 atom stereocenters. The second kappa shape index (κ2) is 7.97. The van der Waals surface area contributed by atoms with Crippen molar-refractivity contribution in [2.75, 3.05) is 6.54 Å². The SMILES string of the molecule is CCNC(=O)NC(/C=C\C(C)C)=C/C(C)C. The third-order valence-corrected chi connectivity index (χ3v) is 1.77. The van der Waals surface area contributed by atoms with Crippen molar-refractivity contribution in [3.63, 3.8) is 0 Å². The van der Waals surface area contributed by atoms with E-state index in [1.54, 1.807) is 0 Å². The summed E-state index contributed by atoms with van der Waals surface area (Å²) in [5.74, 6) is 0.889. The van der Waals surface area contributed by atoms with Crippen LogP contribution >= 0.6 is 0 Å². The number of allylic oxidation sites excluding steroid dienone is 3. The van der Waals surface area contributed by atoms with E-state index in [0.29, 0.717) is 18.4 Å². The smallest absolute Gasteiger partial charge is 0.319 e. The predicted octanol–water partition coefficient (Wildman–Crippen LogP) is 3.06. The molecule has 0 aromatic carbocycles. The van der Waals surface area contributed by atoms with Gasteiger partial charge in [-0.15, -0.1) is 0 Å². The summed E-state index contributed by atoms with van der Waals surface area (Å²) in [7, 11) is 0. The highest BCUT2D eigenvalue weighted by molar-refractivity contribution is 5.76. The van der Waals surface area contributed by atoms with Crippen LogP contribution in [-0.2, 0) is 0 Å². The van der Waals surface area contributed by atoms with Gasteiger partial charge >= 0.3 is 6.03 Å². The average molecular weight is 224 g/mol. The van der Waals surface area contributed by atoms with Crippen LogP contribution in [0.1, 0.15) is 34.6 Å². The first-order valence-electron chi connectivity index (χ1n) is 5.90. The van der Waals surface area contributed by atoms with Gasteiger partial charge in [-0.3, -0.25) is 0 Å². The second-order valence-electron chi connectivity index (χ2n) is 4.45. The lowest BCUT2D eigenvalue weighted by Crippen LogP contribution is -2.34. The molecule has 0 radical (unpaired) electrons. The van der Waals surface area contributed by atoms with Crippen LogP contribution in [0.15, 0.2) is 23.9 Å². The first-order valence-corrected chi connectivity index (χ1v) is 5.90. The van der Waals surface area contributed by atoms with E-state index >= 15 is 0 Å². The number of hydrogen-bond acceptors (Lipinski definition) is 1. The van der Waals surface area contributed by atoms with Gasteiger partial charge in [0.2, 0.25) is 0 Å². The molecule has 0 aromatic rings. The van der Waals surface area contributed by atoms with Crippen molar-refractivity contribution >= 4 is 6.03 Å². The standard InChI is InChI=1S/C13H24N2O/c1-6-14-13(16)15-12(9-11(4)5)8-7-10(2)3/h7-11H,6H2,1-5H3,(H2,14,15,16)/b8-7-,12-9+. The lowest BCUT2D eigenvalue weighted by atomic mass is 10.1. The molecule has 0 aromatic heterocycles. The Hall–Kier alpha value is -1.25. The van der Waals surface area contributed by atoms with Crippen LogP contribution in [-0.4, -0.2) is 12.6 Å². The van der Waals surface area contributed by atoms with Crippen LogP contribution in [0.4, 0.5) is 4.79 Å². The van der Waals surface area contributed by atoms with Crippen molar-refractivity contribution in [2.24, 2.45) is 11.8 Å². The van der Waals surface area contributed by atoms with Crippen LogP contribution in [0.5, 0.6) is 0 Å². The molecule has 2 amide bonds. The van der Waals surface area contributed by atoms with Crippen LogP contribution in [0.25, 0.3) is 0 Å². The normalized spacial score (nSPS) is 12.6. The zero-order valence-corrected chi connectivity index (χ0v) is 11.0. The maximum atomic E-state index is 11.4. The highest BCUT2D eigenvalue weighted by Crippen LogP contribution is 2.03. The Labute approximate surface area is 99.0 Å². The molecule has 3 heteroatoms. The molecule has 0 spiro atoms. The zero-order chi connectivity index (χ0) is 12.6. The van der Waals surface area contributed by atoms with E-state index in [0.717, 1.165) is 5.70 Å². The molecule has 0 unspecified atom stereocenters. The van der Waals surface area contributed by atoms with Crippen LogP contribution in [0.3, 0.4) is 0 Å². The van der Waals surface area contributed by atoms with Crippen molar-refractivity contribution in [2.45, 2.75) is 34.6 Å². The largest absolute Gasteiger partial charge is 0.338 e. The van der Waals surface area contributed by atoms with Gasteiger partial charge in [-0.1, -0.05) is 39.8 Å². The van der Waals surface area contributed by atoms with Gasteiger partial charge in [0, 0.05) is 12.2 Å². The molecule has 0 saturated heterocycles. The van der Waals surface area contributed by atoms with Crippen LogP contribution < -0.4 is 10.6 Å². The first kappa shape index (κ1) is 14.8. The van der Waals surface area contributed by atoms with Gasteiger partial charge in [-0.2, -0.15) is 0 Å². The monoisotopic (exact) mass is 224 g/mol. The fraction of sp³-hybridized carbons (Fsp3) is 0.615. The van der Waals surface area contributed by atoms with Crippen molar-refractivity contribution in [1.82, 2.24) is 10.6 Å². The molecule has 0 aliphatic carbocycles. The van der Waals surface area contributed by atoms with E-state index in [9.17, 15) is 4.79 Å². The minimum atomic E-state index is -0.150. The summed E-state index contributed by atoms with van der Waals surface area (Å²) in [5, 5.41) is 5.54. The van der Waals surface area contributed by atoms with Gasteiger partial charge in [0.15, 0.2) is 0 Å². The Balaban J connectivity index is 4.50. The number of urea groups is 1. The predicted molar refractivity (Wildman–Crippen MR) is 69.1 cm³/mol. The lowest BCUT2D eigenvalue weighted by Gasteiger charge is -2.08. The quantitative estimate of drug-likeness (QED) is 0.692. The zero-order valence-electron chi connectivity index (χ0n) is 11.0. The van der Waals surface area contributed by atoms with E-state index < -0.39 is 0 Å². The minimum absolute atomic E-state index is 0.150. The van der Waals surface area contributed by atoms with E-state index in [4.69, 9.17) is 0 Å². The third kappa shape index (κ3) is 8.09. The molecule has 92 valence electrons. The Morgan fingerprint density at radius 1 is 1.19 bits per heavy atom. The van der Waals surface area contributed by atoms with Crippen LogP contribution in [0, 0.1) is 11.8 Å². The molecule has 0 saturated carbocycles. The Kier molecular flexibility index (Phi) is 7.34. The third-order valence-electron chi connectivity index (χ3n) is 1.77. The maximum Gasteiger partial charge on any atom is 0.319 e. The van der Waals surface area contributed by atoms with E-state index in [1.807, 2.05) is 19.1 Å². The summed E-state index contributed by atoms with van der Waals surface area (Å²) in [5.41, 5.74) is 0.856. The summed E-state index contributed by atoms with van der Waals surface area (Å²) in [6.07, 6.45) is 6.06. The summed E-state index contributed by atoms with van der Waals surface area (Å²) < 4.78 is 0. The van der Waals surface area contributed by atoms with E-state index in [-0.39, 0.29) is 6.03 Å². The number of rotatable bonds is 5. The van der Waals surface area contributed by atoms with Gasteiger partial charge in [0.05, 0.1) is 0 Å². The number of amides is 2. The number of carbonyl (C=O) groups is 1. The molecule has 2 N–H and O–H groups in total. The molecule has 0 heterocycles. The topological polar surface area (TPSA) is 41.1 Å². The summed E-state index contributed by atoms with van der Waals surface area (Å²) >= 11 is 0. The van der Waals surface area contributed by atoms with Crippen molar-refractivity contribution in [3.8, 4) is 0 Å². The van der Waals surface area contributed by atoms with Gasteiger partial charge in [-0.05, 0) is 24.8 Å². The Morgan fingerprint density at radius 2 is 1.81 bits per heavy atom. The molecule has 0 bridgehead atoms. The highest BCUT2D eigenvalue weighted by atomic mass is 16.2. The van der Waals surface area contributed by atoms with Crippen molar-refractivity contribution in [3.05, 3.63) is 23.9 Å². The molecule has 0 aliphatic rings. The van der Waals surface area contributed by atoms with Gasteiger partial charge in [-0.25, -0.2) is 4.79 Å². The summed E-state index contributed by atoms with van der Waals surface area (Å²) in [4.78, 5) is 11.4. The molecule has 0 rings (SSSR count). The van der Waals surface area contributed by atoms with Crippen molar-refractivity contribution < 1.29 is 4.79 Å². The molecule has 16 heavy (non-hydrogen) atoms. The van der Waals surface area contributed by atoms with Crippen LogP contribution in [0.2, 0.25) is 0 Å². The Bertz CT molecular complexity index is 265. The molecular formula is C13H24N2O. The highest BCUT2D eigenvalue weighted by Gasteiger charge is 2.01. The van der Waals surface area contributed by atoms with Crippen molar-refractivity contribution in [1.29, 1.82) is 0 Å². The Morgan fingerprint density at radius 3 is 2.25 bits per heavy atom. The fourth-order valence-corrected chi connectivity index (χ4v) is 1.13. The van der Waals surface area contributed by atoms with Gasteiger partial charge in [0.25, 0.3) is 0 Å². The molecular weight excluding hydrogens is 200 g/mol. The van der Waals surface area contributed by atoms with Gasteiger partial charge in [0.1, 0.15) is 0 Å². The number of nitrogens with one attached hydrogen (secondary N) is 2.